The summed E-state index contributed by atoms with van der Waals surface area (Å²) in [6.07, 6.45) is 0.372. The van der Waals surface area contributed by atoms with Crippen LogP contribution in [-0.2, 0) is 11.2 Å². The number of anilines is 1. The number of hydrogen-bond donors (Lipinski definition) is 3. The zero-order valence-electron chi connectivity index (χ0n) is 16.6. The van der Waals surface area contributed by atoms with Crippen LogP contribution in [-0.4, -0.2) is 18.0 Å². The van der Waals surface area contributed by atoms with Crippen LogP contribution in [0.2, 0.25) is 5.02 Å². The second-order valence-electron chi connectivity index (χ2n) is 6.99. The lowest BCUT2D eigenvalue weighted by molar-refractivity contribution is -0.123. The number of benzene rings is 3. The summed E-state index contributed by atoms with van der Waals surface area (Å²) in [6, 6.07) is 24.7. The Hall–Kier alpha value is -3.31. The van der Waals surface area contributed by atoms with Gasteiger partial charge in [0.2, 0.25) is 5.91 Å². The monoisotopic (exact) mass is 421 g/mol. The molecule has 0 aliphatic heterocycles. The van der Waals surface area contributed by atoms with Crippen molar-refractivity contribution in [1.82, 2.24) is 10.6 Å². The Balaban J connectivity index is 1.70. The van der Waals surface area contributed by atoms with Gasteiger partial charge in [-0.3, -0.25) is 4.79 Å². The summed E-state index contributed by atoms with van der Waals surface area (Å²) >= 11 is 5.97. The van der Waals surface area contributed by atoms with E-state index in [0.717, 1.165) is 11.1 Å². The van der Waals surface area contributed by atoms with Gasteiger partial charge in [0.1, 0.15) is 6.04 Å². The van der Waals surface area contributed by atoms with E-state index in [2.05, 4.69) is 16.0 Å². The molecule has 30 heavy (non-hydrogen) atoms. The maximum Gasteiger partial charge on any atom is 0.319 e. The van der Waals surface area contributed by atoms with Crippen LogP contribution in [0.25, 0.3) is 0 Å². The molecule has 0 aromatic heterocycles. The van der Waals surface area contributed by atoms with E-state index in [1.165, 1.54) is 0 Å². The number of urea groups is 1. The Labute approximate surface area is 181 Å². The van der Waals surface area contributed by atoms with Gasteiger partial charge in [-0.25, -0.2) is 4.79 Å². The van der Waals surface area contributed by atoms with E-state index in [1.54, 1.807) is 24.3 Å². The van der Waals surface area contributed by atoms with Crippen molar-refractivity contribution in [2.75, 3.05) is 5.32 Å². The molecule has 3 aromatic rings. The summed E-state index contributed by atoms with van der Waals surface area (Å²) in [5, 5.41) is 9.02. The van der Waals surface area contributed by atoms with Crippen molar-refractivity contribution in [3.8, 4) is 0 Å². The molecule has 3 amide bonds. The first-order valence-corrected chi connectivity index (χ1v) is 10.1. The van der Waals surface area contributed by atoms with Crippen LogP contribution < -0.4 is 16.0 Å². The van der Waals surface area contributed by atoms with Crippen LogP contribution in [0.1, 0.15) is 24.1 Å². The van der Waals surface area contributed by atoms with Crippen LogP contribution in [0, 0.1) is 0 Å². The summed E-state index contributed by atoms with van der Waals surface area (Å²) in [6.45, 7) is 1.92. The lowest BCUT2D eigenvalue weighted by Gasteiger charge is -2.22. The molecular weight excluding hydrogens is 398 g/mol. The smallest absolute Gasteiger partial charge is 0.319 e. The molecule has 0 saturated heterocycles. The van der Waals surface area contributed by atoms with Crippen LogP contribution in [0.15, 0.2) is 84.9 Å². The number of halogens is 1. The SMILES string of the molecule is CC(NC(=O)C(Cc1ccccc1)NC(=O)Nc1cccc(Cl)c1)c1ccccc1. The maximum absolute atomic E-state index is 13.0. The van der Waals surface area contributed by atoms with Crippen molar-refractivity contribution >= 4 is 29.2 Å². The first-order chi connectivity index (χ1) is 14.5. The van der Waals surface area contributed by atoms with Crippen molar-refractivity contribution < 1.29 is 9.59 Å². The normalized spacial score (nSPS) is 12.5. The fraction of sp³-hybridized carbons (Fsp3) is 0.167. The second kappa shape index (κ2) is 10.5. The molecule has 2 atom stereocenters. The van der Waals surface area contributed by atoms with Crippen LogP contribution >= 0.6 is 11.6 Å². The number of nitrogens with one attached hydrogen (secondary N) is 3. The fourth-order valence-electron chi connectivity index (χ4n) is 3.09. The minimum absolute atomic E-state index is 0.185. The average Bonchev–Trinajstić information content (AvgIpc) is 2.74. The van der Waals surface area contributed by atoms with Gasteiger partial charge in [0.05, 0.1) is 6.04 Å². The lowest BCUT2D eigenvalue weighted by Crippen LogP contribution is -2.49. The quantitative estimate of drug-likeness (QED) is 0.505. The van der Waals surface area contributed by atoms with Gasteiger partial charge in [0.15, 0.2) is 0 Å². The fourth-order valence-corrected chi connectivity index (χ4v) is 3.28. The minimum Gasteiger partial charge on any atom is -0.348 e. The van der Waals surface area contributed by atoms with E-state index in [1.807, 2.05) is 67.6 Å². The highest BCUT2D eigenvalue weighted by molar-refractivity contribution is 6.30. The van der Waals surface area contributed by atoms with E-state index < -0.39 is 12.1 Å². The van der Waals surface area contributed by atoms with E-state index >= 15 is 0 Å². The number of rotatable bonds is 7. The summed E-state index contributed by atoms with van der Waals surface area (Å²) in [4.78, 5) is 25.5. The summed E-state index contributed by atoms with van der Waals surface area (Å²) in [5.41, 5.74) is 2.50. The van der Waals surface area contributed by atoms with Crippen molar-refractivity contribution in [2.24, 2.45) is 0 Å². The second-order valence-corrected chi connectivity index (χ2v) is 7.43. The molecule has 2 unspecified atom stereocenters. The average molecular weight is 422 g/mol. The first kappa shape index (κ1) is 21.4. The van der Waals surface area contributed by atoms with Gasteiger partial charge >= 0.3 is 6.03 Å². The Morgan fingerprint density at radius 2 is 1.53 bits per heavy atom. The highest BCUT2D eigenvalue weighted by atomic mass is 35.5. The minimum atomic E-state index is -0.738. The Kier molecular flexibility index (Phi) is 7.46. The van der Waals surface area contributed by atoms with Crippen molar-refractivity contribution in [3.63, 3.8) is 0 Å². The lowest BCUT2D eigenvalue weighted by atomic mass is 10.0. The zero-order chi connectivity index (χ0) is 21.3. The van der Waals surface area contributed by atoms with Crippen molar-refractivity contribution in [3.05, 3.63) is 101 Å². The molecule has 0 aliphatic rings. The topological polar surface area (TPSA) is 70.2 Å². The molecule has 0 bridgehead atoms. The molecule has 154 valence electrons. The maximum atomic E-state index is 13.0. The van der Waals surface area contributed by atoms with Gasteiger partial charge in [-0.15, -0.1) is 0 Å². The van der Waals surface area contributed by atoms with E-state index in [0.29, 0.717) is 17.1 Å². The molecule has 0 saturated carbocycles. The molecule has 0 radical (unpaired) electrons. The first-order valence-electron chi connectivity index (χ1n) is 9.73. The molecule has 6 heteroatoms. The van der Waals surface area contributed by atoms with Crippen LogP contribution in [0.4, 0.5) is 10.5 Å². The molecule has 0 fully saturated rings. The molecule has 0 spiro atoms. The zero-order valence-corrected chi connectivity index (χ0v) is 17.4. The summed E-state index contributed by atoms with van der Waals surface area (Å²) < 4.78 is 0. The largest absolute Gasteiger partial charge is 0.348 e. The Morgan fingerprint density at radius 1 is 0.867 bits per heavy atom. The van der Waals surface area contributed by atoms with Gasteiger partial charge in [-0.1, -0.05) is 78.3 Å². The van der Waals surface area contributed by atoms with Gasteiger partial charge in [-0.2, -0.15) is 0 Å². The number of carbonyl (C=O) groups is 2. The molecule has 0 heterocycles. The molecule has 3 rings (SSSR count). The highest BCUT2D eigenvalue weighted by Gasteiger charge is 2.23. The third-order valence-corrected chi connectivity index (χ3v) is 4.88. The van der Waals surface area contributed by atoms with E-state index in [-0.39, 0.29) is 11.9 Å². The van der Waals surface area contributed by atoms with E-state index in [4.69, 9.17) is 11.6 Å². The Morgan fingerprint density at radius 3 is 2.20 bits per heavy atom. The third-order valence-electron chi connectivity index (χ3n) is 4.65. The number of carbonyl (C=O) groups excluding carboxylic acids is 2. The summed E-state index contributed by atoms with van der Waals surface area (Å²) in [7, 11) is 0. The molecule has 3 aromatic carbocycles. The van der Waals surface area contributed by atoms with Crippen molar-refractivity contribution in [1.29, 1.82) is 0 Å². The van der Waals surface area contributed by atoms with Crippen LogP contribution in [0.5, 0.6) is 0 Å². The number of amides is 3. The molecule has 3 N–H and O–H groups in total. The van der Waals surface area contributed by atoms with Gasteiger partial charge < -0.3 is 16.0 Å². The predicted octanol–water partition coefficient (Wildman–Crippen LogP) is 4.95. The van der Waals surface area contributed by atoms with E-state index in [9.17, 15) is 9.59 Å². The third kappa shape index (κ3) is 6.36. The molecule has 5 nitrogen and oxygen atoms in total. The van der Waals surface area contributed by atoms with Gasteiger partial charge in [0.25, 0.3) is 0 Å². The molecule has 0 aliphatic carbocycles. The molecular formula is C24H24ClN3O2. The Bertz CT molecular complexity index is 980. The summed E-state index contributed by atoms with van der Waals surface area (Å²) in [5.74, 6) is -0.253. The standard InChI is InChI=1S/C24H24ClN3O2/c1-17(19-11-6-3-7-12-19)26-23(29)22(15-18-9-4-2-5-10-18)28-24(30)27-21-14-8-13-20(25)16-21/h2-14,16-17,22H,15H2,1H3,(H,26,29)(H2,27,28,30). The van der Waals surface area contributed by atoms with Gasteiger partial charge in [-0.05, 0) is 36.2 Å². The van der Waals surface area contributed by atoms with Crippen molar-refractivity contribution in [2.45, 2.75) is 25.4 Å². The number of hydrogen-bond acceptors (Lipinski definition) is 2. The highest BCUT2D eigenvalue weighted by Crippen LogP contribution is 2.15. The predicted molar refractivity (Wildman–Crippen MR) is 121 cm³/mol. The van der Waals surface area contributed by atoms with Gasteiger partial charge in [0, 0.05) is 17.1 Å². The van der Waals surface area contributed by atoms with Crippen LogP contribution in [0.3, 0.4) is 0 Å².